The molecule has 5 heteroatoms. The Balaban J connectivity index is 1.76. The van der Waals surface area contributed by atoms with Crippen molar-refractivity contribution in [2.75, 3.05) is 33.7 Å². The third-order valence-corrected chi connectivity index (χ3v) is 4.38. The predicted molar refractivity (Wildman–Crippen MR) is 76.9 cm³/mol. The summed E-state index contributed by atoms with van der Waals surface area (Å²) in [7, 11) is 4.29. The average molecular weight is 268 g/mol. The second kappa shape index (κ2) is 6.68. The zero-order valence-electron chi connectivity index (χ0n) is 12.3. The van der Waals surface area contributed by atoms with Gasteiger partial charge in [0.1, 0.15) is 0 Å². The van der Waals surface area contributed by atoms with Gasteiger partial charge in [-0.25, -0.2) is 0 Å². The summed E-state index contributed by atoms with van der Waals surface area (Å²) in [4.78, 5) is 16.6. The monoisotopic (exact) mass is 268 g/mol. The van der Waals surface area contributed by atoms with E-state index in [0.29, 0.717) is 25.0 Å². The lowest BCUT2D eigenvalue weighted by molar-refractivity contribution is -0.122. The van der Waals surface area contributed by atoms with Crippen LogP contribution in [0.15, 0.2) is 0 Å². The highest BCUT2D eigenvalue weighted by Gasteiger charge is 2.28. The van der Waals surface area contributed by atoms with Crippen LogP contribution >= 0.6 is 0 Å². The van der Waals surface area contributed by atoms with Gasteiger partial charge in [-0.05, 0) is 52.9 Å². The molecule has 2 aliphatic rings. The van der Waals surface area contributed by atoms with Gasteiger partial charge in [-0.2, -0.15) is 0 Å². The highest BCUT2D eigenvalue weighted by atomic mass is 16.1. The van der Waals surface area contributed by atoms with Gasteiger partial charge in [-0.1, -0.05) is 0 Å². The Bertz CT molecular complexity index is 296. The van der Waals surface area contributed by atoms with E-state index in [1.807, 2.05) is 0 Å². The van der Waals surface area contributed by atoms with Gasteiger partial charge in [-0.3, -0.25) is 9.69 Å². The van der Waals surface area contributed by atoms with Crippen LogP contribution in [0.1, 0.15) is 32.1 Å². The fraction of sp³-hybridized carbons (Fsp3) is 0.929. The second-order valence-electron chi connectivity index (χ2n) is 6.17. The summed E-state index contributed by atoms with van der Waals surface area (Å²) >= 11 is 0. The lowest BCUT2D eigenvalue weighted by atomic mass is 10.0. The topological polar surface area (TPSA) is 61.6 Å². The molecule has 3 N–H and O–H groups in total. The first-order valence-corrected chi connectivity index (χ1v) is 7.50. The highest BCUT2D eigenvalue weighted by molar-refractivity contribution is 5.77. The Labute approximate surface area is 116 Å². The molecule has 19 heavy (non-hydrogen) atoms. The fourth-order valence-electron chi connectivity index (χ4n) is 2.86. The predicted octanol–water partition coefficient (Wildman–Crippen LogP) is 0.00840. The van der Waals surface area contributed by atoms with Gasteiger partial charge < -0.3 is 16.0 Å². The van der Waals surface area contributed by atoms with Crippen molar-refractivity contribution in [3.63, 3.8) is 0 Å². The average Bonchev–Trinajstić information content (AvgIpc) is 3.20. The number of carbonyl (C=O) groups excluding carboxylic acids is 1. The first kappa shape index (κ1) is 14.8. The SMILES string of the molecule is CN(C)C1CCN(C(CN)CC(=O)NC2CC2)CC1. The lowest BCUT2D eigenvalue weighted by Crippen LogP contribution is -2.50. The molecule has 2 rings (SSSR count). The quantitative estimate of drug-likeness (QED) is 0.712. The van der Waals surface area contributed by atoms with Crippen molar-refractivity contribution in [1.82, 2.24) is 15.1 Å². The number of hydrogen-bond donors (Lipinski definition) is 2. The number of rotatable bonds is 6. The summed E-state index contributed by atoms with van der Waals surface area (Å²) in [5.41, 5.74) is 5.86. The van der Waals surface area contributed by atoms with E-state index in [0.717, 1.165) is 25.9 Å². The number of amides is 1. The molecule has 110 valence electrons. The Morgan fingerprint density at radius 2 is 1.95 bits per heavy atom. The van der Waals surface area contributed by atoms with Crippen molar-refractivity contribution in [2.24, 2.45) is 5.73 Å². The van der Waals surface area contributed by atoms with Gasteiger partial charge in [0, 0.05) is 31.1 Å². The number of carbonyl (C=O) groups is 1. The minimum Gasteiger partial charge on any atom is -0.353 e. The lowest BCUT2D eigenvalue weighted by Gasteiger charge is -2.39. The van der Waals surface area contributed by atoms with E-state index in [1.54, 1.807) is 0 Å². The molecule has 1 atom stereocenters. The van der Waals surface area contributed by atoms with Gasteiger partial charge in [-0.15, -0.1) is 0 Å². The van der Waals surface area contributed by atoms with Gasteiger partial charge in [0.25, 0.3) is 0 Å². The Morgan fingerprint density at radius 3 is 2.42 bits per heavy atom. The summed E-state index contributed by atoms with van der Waals surface area (Å²) in [5.74, 6) is 0.174. The molecule has 1 heterocycles. The van der Waals surface area contributed by atoms with Crippen molar-refractivity contribution in [1.29, 1.82) is 0 Å². The minimum absolute atomic E-state index is 0.174. The number of nitrogens with two attached hydrogens (primary N) is 1. The Morgan fingerprint density at radius 1 is 1.32 bits per heavy atom. The molecule has 0 spiro atoms. The molecule has 0 radical (unpaired) electrons. The van der Waals surface area contributed by atoms with Crippen LogP contribution in [0, 0.1) is 0 Å². The Hall–Kier alpha value is -0.650. The summed E-state index contributed by atoms with van der Waals surface area (Å²) in [6.45, 7) is 2.69. The van der Waals surface area contributed by atoms with Crippen LogP contribution in [0.2, 0.25) is 0 Å². The van der Waals surface area contributed by atoms with Gasteiger partial charge in [0.05, 0.1) is 0 Å². The molecule has 0 aromatic rings. The first-order chi connectivity index (χ1) is 9.10. The number of piperidine rings is 1. The van der Waals surface area contributed by atoms with Crippen molar-refractivity contribution in [3.05, 3.63) is 0 Å². The van der Waals surface area contributed by atoms with E-state index in [2.05, 4.69) is 29.2 Å². The molecule has 1 amide bonds. The largest absolute Gasteiger partial charge is 0.353 e. The smallest absolute Gasteiger partial charge is 0.221 e. The van der Waals surface area contributed by atoms with Crippen molar-refractivity contribution < 1.29 is 4.79 Å². The molecule has 1 aliphatic heterocycles. The summed E-state index contributed by atoms with van der Waals surface area (Å²) < 4.78 is 0. The van der Waals surface area contributed by atoms with Gasteiger partial charge >= 0.3 is 0 Å². The van der Waals surface area contributed by atoms with Gasteiger partial charge in [0.2, 0.25) is 5.91 Å². The van der Waals surface area contributed by atoms with Crippen LogP contribution < -0.4 is 11.1 Å². The third kappa shape index (κ3) is 4.44. The summed E-state index contributed by atoms with van der Waals surface area (Å²) in [5, 5.41) is 3.06. The maximum atomic E-state index is 11.9. The molecule has 1 saturated heterocycles. The maximum Gasteiger partial charge on any atom is 0.221 e. The normalized spacial score (nSPS) is 23.6. The van der Waals surface area contributed by atoms with E-state index in [-0.39, 0.29) is 11.9 Å². The molecule has 1 aliphatic carbocycles. The van der Waals surface area contributed by atoms with E-state index in [1.165, 1.54) is 12.8 Å². The van der Waals surface area contributed by atoms with Crippen LogP contribution in [0.5, 0.6) is 0 Å². The zero-order chi connectivity index (χ0) is 13.8. The maximum absolute atomic E-state index is 11.9. The number of nitrogens with zero attached hydrogens (tertiary/aromatic N) is 2. The molecule has 0 bridgehead atoms. The van der Waals surface area contributed by atoms with Crippen LogP contribution in [0.3, 0.4) is 0 Å². The summed E-state index contributed by atoms with van der Waals surface area (Å²) in [6.07, 6.45) is 5.20. The van der Waals surface area contributed by atoms with Crippen LogP contribution in [0.25, 0.3) is 0 Å². The third-order valence-electron chi connectivity index (χ3n) is 4.38. The van der Waals surface area contributed by atoms with Crippen LogP contribution in [-0.2, 0) is 4.79 Å². The number of hydrogen-bond acceptors (Lipinski definition) is 4. The molecule has 1 saturated carbocycles. The van der Waals surface area contributed by atoms with Crippen molar-refractivity contribution in [2.45, 2.75) is 50.2 Å². The highest BCUT2D eigenvalue weighted by Crippen LogP contribution is 2.20. The Kier molecular flexibility index (Phi) is 5.19. The van der Waals surface area contributed by atoms with Crippen LogP contribution in [-0.4, -0.2) is 67.6 Å². The minimum atomic E-state index is 0.174. The molecule has 0 aromatic carbocycles. The van der Waals surface area contributed by atoms with Crippen LogP contribution in [0.4, 0.5) is 0 Å². The molecule has 1 unspecified atom stereocenters. The van der Waals surface area contributed by atoms with Gasteiger partial charge in [0.15, 0.2) is 0 Å². The van der Waals surface area contributed by atoms with Crippen molar-refractivity contribution >= 4 is 5.91 Å². The standard InChI is InChI=1S/C14H28N4O/c1-17(2)12-5-7-18(8-6-12)13(10-15)9-14(19)16-11-3-4-11/h11-13H,3-10,15H2,1-2H3,(H,16,19). The fourth-order valence-corrected chi connectivity index (χ4v) is 2.86. The first-order valence-electron chi connectivity index (χ1n) is 7.50. The van der Waals surface area contributed by atoms with E-state index < -0.39 is 0 Å². The molecular formula is C14H28N4O. The van der Waals surface area contributed by atoms with Crippen molar-refractivity contribution in [3.8, 4) is 0 Å². The zero-order valence-corrected chi connectivity index (χ0v) is 12.3. The van der Waals surface area contributed by atoms with E-state index in [9.17, 15) is 4.79 Å². The second-order valence-corrected chi connectivity index (χ2v) is 6.17. The molecular weight excluding hydrogens is 240 g/mol. The van der Waals surface area contributed by atoms with E-state index in [4.69, 9.17) is 5.73 Å². The molecule has 0 aromatic heterocycles. The summed E-state index contributed by atoms with van der Waals surface area (Å²) in [6, 6.07) is 1.34. The van der Waals surface area contributed by atoms with E-state index >= 15 is 0 Å². The molecule has 5 nitrogen and oxygen atoms in total. The number of likely N-dealkylation sites (tertiary alicyclic amines) is 1. The molecule has 2 fully saturated rings. The number of nitrogens with one attached hydrogen (secondary N) is 1.